The first-order chi connectivity index (χ1) is 4.79. The van der Waals surface area contributed by atoms with Crippen LogP contribution in [0.25, 0.3) is 0 Å². The Kier molecular flexibility index (Phi) is 1.46. The summed E-state index contributed by atoms with van der Waals surface area (Å²) >= 11 is 0. The van der Waals surface area contributed by atoms with E-state index in [2.05, 4.69) is 13.8 Å². The molecule has 0 N–H and O–H groups in total. The molecule has 0 spiro atoms. The highest BCUT2D eigenvalue weighted by Gasteiger charge is 2.43. The van der Waals surface area contributed by atoms with Gasteiger partial charge in [-0.3, -0.25) is 0 Å². The first-order valence-electron chi connectivity index (χ1n) is 3.68. The van der Waals surface area contributed by atoms with Crippen LogP contribution in [0, 0.1) is 25.7 Å². The van der Waals surface area contributed by atoms with Crippen LogP contribution in [0.15, 0.2) is 0 Å². The van der Waals surface area contributed by atoms with Gasteiger partial charge < -0.3 is 9.47 Å². The lowest BCUT2D eigenvalue weighted by Crippen LogP contribution is -2.23. The van der Waals surface area contributed by atoms with Crippen molar-refractivity contribution in [3.8, 4) is 0 Å². The van der Waals surface area contributed by atoms with Crippen LogP contribution >= 0.6 is 0 Å². The van der Waals surface area contributed by atoms with Crippen LogP contribution in [-0.4, -0.2) is 25.4 Å². The van der Waals surface area contributed by atoms with E-state index in [-0.39, 0.29) is 12.2 Å². The van der Waals surface area contributed by atoms with Gasteiger partial charge in [0.25, 0.3) is 0 Å². The van der Waals surface area contributed by atoms with Crippen molar-refractivity contribution >= 4 is 0 Å². The number of hydrogen-bond donors (Lipinski definition) is 0. The third kappa shape index (κ3) is 0.789. The minimum Gasteiger partial charge on any atom is -0.375 e. The molecule has 2 rings (SSSR count). The summed E-state index contributed by atoms with van der Waals surface area (Å²) < 4.78 is 10.9. The smallest absolute Gasteiger partial charge is 0.0890 e. The highest BCUT2D eigenvalue weighted by atomic mass is 16.6. The first kappa shape index (κ1) is 6.62. The van der Waals surface area contributed by atoms with E-state index in [1.165, 1.54) is 0 Å². The quantitative estimate of drug-likeness (QED) is 0.492. The topological polar surface area (TPSA) is 18.5 Å². The van der Waals surface area contributed by atoms with Crippen LogP contribution in [0.2, 0.25) is 0 Å². The molecule has 0 aromatic heterocycles. The molecule has 2 heteroatoms. The number of hydrogen-bond acceptors (Lipinski definition) is 2. The second-order valence-electron chi connectivity index (χ2n) is 3.12. The van der Waals surface area contributed by atoms with Gasteiger partial charge in [-0.15, -0.1) is 0 Å². The molecule has 10 heavy (non-hydrogen) atoms. The molecule has 2 aliphatic rings. The van der Waals surface area contributed by atoms with Crippen molar-refractivity contribution in [1.82, 2.24) is 0 Å². The van der Waals surface area contributed by atoms with E-state index in [9.17, 15) is 0 Å². The molecule has 2 heterocycles. The zero-order valence-electron chi connectivity index (χ0n) is 5.95. The average Bonchev–Trinajstić information content (AvgIpc) is 2.41. The largest absolute Gasteiger partial charge is 0.375 e. The molecule has 0 aromatic carbocycles. The SMILES string of the molecule is [CH2]C1COC2C([CH2])COC12. The van der Waals surface area contributed by atoms with Crippen LogP contribution < -0.4 is 0 Å². The van der Waals surface area contributed by atoms with Gasteiger partial charge in [-0.05, 0) is 13.8 Å². The van der Waals surface area contributed by atoms with Crippen molar-refractivity contribution in [3.63, 3.8) is 0 Å². The minimum atomic E-state index is 0.225. The number of ether oxygens (including phenoxy) is 2. The van der Waals surface area contributed by atoms with Gasteiger partial charge in [0, 0.05) is 11.8 Å². The van der Waals surface area contributed by atoms with Crippen molar-refractivity contribution in [2.75, 3.05) is 13.2 Å². The van der Waals surface area contributed by atoms with E-state index < -0.39 is 0 Å². The van der Waals surface area contributed by atoms with Crippen LogP contribution in [0.5, 0.6) is 0 Å². The summed E-state index contributed by atoms with van der Waals surface area (Å²) in [4.78, 5) is 0. The van der Waals surface area contributed by atoms with Gasteiger partial charge in [0.05, 0.1) is 25.4 Å². The Hall–Kier alpha value is -0.0800. The van der Waals surface area contributed by atoms with Crippen molar-refractivity contribution in [3.05, 3.63) is 13.8 Å². The van der Waals surface area contributed by atoms with E-state index in [1.807, 2.05) is 0 Å². The molecule has 2 fully saturated rings. The third-order valence-corrected chi connectivity index (χ3v) is 2.26. The molecular weight excluding hydrogens is 128 g/mol. The molecule has 0 amide bonds. The van der Waals surface area contributed by atoms with Crippen LogP contribution in [0.3, 0.4) is 0 Å². The maximum absolute atomic E-state index is 5.45. The average molecular weight is 140 g/mol. The lowest BCUT2D eigenvalue weighted by molar-refractivity contribution is 0.0654. The van der Waals surface area contributed by atoms with Crippen molar-refractivity contribution in [1.29, 1.82) is 0 Å². The fourth-order valence-electron chi connectivity index (χ4n) is 1.66. The second-order valence-corrected chi connectivity index (χ2v) is 3.12. The Bertz CT molecular complexity index is 119. The monoisotopic (exact) mass is 140 g/mol. The molecule has 2 nitrogen and oxygen atoms in total. The predicted molar refractivity (Wildman–Crippen MR) is 37.2 cm³/mol. The molecule has 0 aromatic rings. The molecule has 4 atom stereocenters. The molecule has 2 radical (unpaired) electrons. The maximum Gasteiger partial charge on any atom is 0.0890 e. The standard InChI is InChI=1S/C8H12O2/c1-5-3-9-8-6(2)4-10-7(5)8/h5-8H,1-4H2. The van der Waals surface area contributed by atoms with Gasteiger partial charge in [-0.1, -0.05) is 0 Å². The van der Waals surface area contributed by atoms with Gasteiger partial charge in [-0.2, -0.15) is 0 Å². The van der Waals surface area contributed by atoms with Gasteiger partial charge in [0.1, 0.15) is 0 Å². The molecule has 56 valence electrons. The van der Waals surface area contributed by atoms with Crippen molar-refractivity contribution < 1.29 is 9.47 Å². The summed E-state index contributed by atoms with van der Waals surface area (Å²) in [5.74, 6) is 0.633. The molecule has 4 unspecified atom stereocenters. The number of rotatable bonds is 0. The van der Waals surface area contributed by atoms with Gasteiger partial charge in [0.15, 0.2) is 0 Å². The Morgan fingerprint density at radius 3 is 1.70 bits per heavy atom. The van der Waals surface area contributed by atoms with Gasteiger partial charge in [-0.25, -0.2) is 0 Å². The van der Waals surface area contributed by atoms with Gasteiger partial charge in [0.2, 0.25) is 0 Å². The van der Waals surface area contributed by atoms with E-state index in [1.54, 1.807) is 0 Å². The number of fused-ring (bicyclic) bond motifs is 1. The molecular formula is C8H12O2. The molecule has 2 aliphatic heterocycles. The first-order valence-corrected chi connectivity index (χ1v) is 3.68. The summed E-state index contributed by atoms with van der Waals surface area (Å²) in [6.45, 7) is 9.35. The molecule has 0 saturated carbocycles. The Labute approximate surface area is 61.5 Å². The van der Waals surface area contributed by atoms with E-state index in [0.717, 1.165) is 13.2 Å². The fraction of sp³-hybridized carbons (Fsp3) is 0.750. The van der Waals surface area contributed by atoms with Crippen LogP contribution in [0.1, 0.15) is 0 Å². The highest BCUT2D eigenvalue weighted by molar-refractivity contribution is 4.95. The van der Waals surface area contributed by atoms with E-state index in [0.29, 0.717) is 11.8 Å². The minimum absolute atomic E-state index is 0.225. The van der Waals surface area contributed by atoms with E-state index >= 15 is 0 Å². The van der Waals surface area contributed by atoms with Crippen LogP contribution in [0.4, 0.5) is 0 Å². The second kappa shape index (κ2) is 2.21. The zero-order chi connectivity index (χ0) is 7.14. The molecule has 0 bridgehead atoms. The molecule has 0 aliphatic carbocycles. The summed E-state index contributed by atoms with van der Waals surface area (Å²) in [6.07, 6.45) is 0.449. The third-order valence-electron chi connectivity index (χ3n) is 2.26. The Balaban J connectivity index is 2.09. The summed E-state index contributed by atoms with van der Waals surface area (Å²) in [7, 11) is 0. The van der Waals surface area contributed by atoms with Gasteiger partial charge >= 0.3 is 0 Å². The van der Waals surface area contributed by atoms with E-state index in [4.69, 9.17) is 9.47 Å². The summed E-state index contributed by atoms with van der Waals surface area (Å²) in [5, 5.41) is 0. The maximum atomic E-state index is 5.45. The molecule has 2 saturated heterocycles. The fourth-order valence-corrected chi connectivity index (χ4v) is 1.66. The summed E-state index contributed by atoms with van der Waals surface area (Å²) in [6, 6.07) is 0. The normalized spacial score (nSPS) is 53.4. The Morgan fingerprint density at radius 1 is 0.900 bits per heavy atom. The van der Waals surface area contributed by atoms with Crippen molar-refractivity contribution in [2.45, 2.75) is 12.2 Å². The zero-order valence-corrected chi connectivity index (χ0v) is 5.95. The summed E-state index contributed by atoms with van der Waals surface area (Å²) in [5.41, 5.74) is 0. The lowest BCUT2D eigenvalue weighted by atomic mass is 9.99. The lowest BCUT2D eigenvalue weighted by Gasteiger charge is -2.10. The highest BCUT2D eigenvalue weighted by Crippen LogP contribution is 2.33. The van der Waals surface area contributed by atoms with Crippen molar-refractivity contribution in [2.24, 2.45) is 11.8 Å². The Morgan fingerprint density at radius 2 is 1.30 bits per heavy atom. The van der Waals surface area contributed by atoms with Crippen LogP contribution in [-0.2, 0) is 9.47 Å². The predicted octanol–water partition coefficient (Wildman–Crippen LogP) is 0.685.